The second-order valence-electron chi connectivity index (χ2n) is 3.34. The summed E-state index contributed by atoms with van der Waals surface area (Å²) in [7, 11) is 1.71. The van der Waals surface area contributed by atoms with Gasteiger partial charge < -0.3 is 15.0 Å². The number of ether oxygens (including phenoxy) is 1. The molecule has 0 bridgehead atoms. The van der Waals surface area contributed by atoms with Gasteiger partial charge in [0.1, 0.15) is 5.82 Å². The van der Waals surface area contributed by atoms with Crippen molar-refractivity contribution in [3.8, 4) is 0 Å². The van der Waals surface area contributed by atoms with Crippen LogP contribution in [0.2, 0.25) is 0 Å². The molecule has 1 aromatic heterocycles. The molecule has 0 saturated heterocycles. The molecule has 0 amide bonds. The van der Waals surface area contributed by atoms with Crippen molar-refractivity contribution in [2.24, 2.45) is 0 Å². The van der Waals surface area contributed by atoms with Gasteiger partial charge in [-0.2, -0.15) is 4.98 Å². The van der Waals surface area contributed by atoms with Crippen LogP contribution in [-0.2, 0) is 4.74 Å². The van der Waals surface area contributed by atoms with Crippen LogP contribution in [0.1, 0.15) is 13.8 Å². The average molecular weight is 224 g/mol. The first-order valence-electron chi connectivity index (χ1n) is 5.62. The summed E-state index contributed by atoms with van der Waals surface area (Å²) in [5.74, 6) is 1.61. The second-order valence-corrected chi connectivity index (χ2v) is 3.34. The molecule has 0 unspecified atom stereocenters. The van der Waals surface area contributed by atoms with Gasteiger partial charge in [-0.1, -0.05) is 0 Å². The normalized spacial score (nSPS) is 10.2. The predicted molar refractivity (Wildman–Crippen MR) is 66.0 cm³/mol. The Morgan fingerprint density at radius 1 is 1.44 bits per heavy atom. The highest BCUT2D eigenvalue weighted by atomic mass is 16.5. The summed E-state index contributed by atoms with van der Waals surface area (Å²) in [5.41, 5.74) is 0. The van der Waals surface area contributed by atoms with Crippen LogP contribution >= 0.6 is 0 Å². The minimum Gasteiger partial charge on any atom is -0.383 e. The van der Waals surface area contributed by atoms with Crippen molar-refractivity contribution in [1.29, 1.82) is 0 Å². The number of anilines is 2. The van der Waals surface area contributed by atoms with E-state index in [1.54, 1.807) is 13.3 Å². The van der Waals surface area contributed by atoms with Crippen LogP contribution in [0.25, 0.3) is 0 Å². The van der Waals surface area contributed by atoms with Gasteiger partial charge in [0.05, 0.1) is 6.61 Å². The lowest BCUT2D eigenvalue weighted by atomic mass is 10.4. The molecule has 0 aliphatic rings. The van der Waals surface area contributed by atoms with Gasteiger partial charge in [0.15, 0.2) is 0 Å². The summed E-state index contributed by atoms with van der Waals surface area (Å²) in [6.07, 6.45) is 1.77. The molecular formula is C11H20N4O. The van der Waals surface area contributed by atoms with Crippen LogP contribution in [0.5, 0.6) is 0 Å². The Morgan fingerprint density at radius 3 is 2.88 bits per heavy atom. The Bertz CT molecular complexity index is 306. The second kappa shape index (κ2) is 7.00. The van der Waals surface area contributed by atoms with Crippen molar-refractivity contribution in [3.63, 3.8) is 0 Å². The summed E-state index contributed by atoms with van der Waals surface area (Å²) in [6, 6.07) is 1.92. The van der Waals surface area contributed by atoms with E-state index in [1.807, 2.05) is 13.0 Å². The number of hydrogen-bond donors (Lipinski definition) is 1. The van der Waals surface area contributed by atoms with Crippen LogP contribution in [0.3, 0.4) is 0 Å². The molecule has 0 aliphatic heterocycles. The van der Waals surface area contributed by atoms with Gasteiger partial charge in [0.25, 0.3) is 0 Å². The van der Waals surface area contributed by atoms with Gasteiger partial charge in [-0.3, -0.25) is 0 Å². The zero-order valence-corrected chi connectivity index (χ0v) is 10.2. The monoisotopic (exact) mass is 224 g/mol. The van der Waals surface area contributed by atoms with Crippen molar-refractivity contribution < 1.29 is 4.74 Å². The SMILES string of the molecule is CCNc1nccc(N(CC)CCOC)n1. The third kappa shape index (κ3) is 3.66. The third-order valence-corrected chi connectivity index (χ3v) is 2.25. The molecule has 1 N–H and O–H groups in total. The van der Waals surface area contributed by atoms with Crippen LogP contribution in [-0.4, -0.2) is 43.3 Å². The number of nitrogens with zero attached hydrogens (tertiary/aromatic N) is 3. The van der Waals surface area contributed by atoms with Crippen molar-refractivity contribution in [2.75, 3.05) is 43.6 Å². The maximum atomic E-state index is 5.07. The molecule has 5 nitrogen and oxygen atoms in total. The van der Waals surface area contributed by atoms with Crippen LogP contribution in [0.15, 0.2) is 12.3 Å². The Kier molecular flexibility index (Phi) is 5.56. The number of aromatic nitrogens is 2. The molecule has 0 fully saturated rings. The number of methoxy groups -OCH3 is 1. The van der Waals surface area contributed by atoms with E-state index in [2.05, 4.69) is 27.1 Å². The number of rotatable bonds is 7. The fourth-order valence-corrected chi connectivity index (χ4v) is 1.40. The highest BCUT2D eigenvalue weighted by Gasteiger charge is 2.06. The fraction of sp³-hybridized carbons (Fsp3) is 0.636. The maximum Gasteiger partial charge on any atom is 0.224 e. The first-order chi connectivity index (χ1) is 7.81. The molecule has 1 aromatic rings. The van der Waals surface area contributed by atoms with E-state index in [-0.39, 0.29) is 0 Å². The summed E-state index contributed by atoms with van der Waals surface area (Å²) in [5, 5.41) is 3.10. The summed E-state index contributed by atoms with van der Waals surface area (Å²) in [4.78, 5) is 10.7. The van der Waals surface area contributed by atoms with E-state index in [0.717, 1.165) is 25.5 Å². The summed E-state index contributed by atoms with van der Waals surface area (Å²) >= 11 is 0. The number of nitrogens with one attached hydrogen (secondary N) is 1. The Morgan fingerprint density at radius 2 is 2.25 bits per heavy atom. The lowest BCUT2D eigenvalue weighted by Gasteiger charge is -2.21. The Balaban J connectivity index is 2.71. The molecule has 1 heterocycles. The minimum absolute atomic E-state index is 0.677. The van der Waals surface area contributed by atoms with Crippen LogP contribution in [0, 0.1) is 0 Å². The molecule has 0 radical (unpaired) electrons. The molecule has 1 rings (SSSR count). The highest BCUT2D eigenvalue weighted by Crippen LogP contribution is 2.11. The van der Waals surface area contributed by atoms with Crippen molar-refractivity contribution in [3.05, 3.63) is 12.3 Å². The van der Waals surface area contributed by atoms with Crippen LogP contribution < -0.4 is 10.2 Å². The molecule has 0 atom stereocenters. The topological polar surface area (TPSA) is 50.3 Å². The predicted octanol–water partition coefficient (Wildman–Crippen LogP) is 1.38. The number of hydrogen-bond acceptors (Lipinski definition) is 5. The van der Waals surface area contributed by atoms with Gasteiger partial charge in [0.2, 0.25) is 5.95 Å². The molecule has 0 spiro atoms. The van der Waals surface area contributed by atoms with E-state index >= 15 is 0 Å². The standard InChI is InChI=1S/C11H20N4O/c1-4-12-11-13-7-6-10(14-11)15(5-2)8-9-16-3/h6-7H,4-5,8-9H2,1-3H3,(H,12,13,14). The largest absolute Gasteiger partial charge is 0.383 e. The molecule has 0 saturated carbocycles. The smallest absolute Gasteiger partial charge is 0.224 e. The van der Waals surface area contributed by atoms with Gasteiger partial charge in [-0.25, -0.2) is 4.98 Å². The molecule has 0 aromatic carbocycles. The first kappa shape index (κ1) is 12.7. The van der Waals surface area contributed by atoms with Gasteiger partial charge in [-0.15, -0.1) is 0 Å². The lowest BCUT2D eigenvalue weighted by molar-refractivity contribution is 0.205. The van der Waals surface area contributed by atoms with E-state index in [1.165, 1.54) is 0 Å². The zero-order valence-electron chi connectivity index (χ0n) is 10.2. The first-order valence-corrected chi connectivity index (χ1v) is 5.62. The van der Waals surface area contributed by atoms with E-state index in [0.29, 0.717) is 12.6 Å². The van der Waals surface area contributed by atoms with Crippen molar-refractivity contribution in [2.45, 2.75) is 13.8 Å². The molecule has 5 heteroatoms. The quantitative estimate of drug-likeness (QED) is 0.758. The van der Waals surface area contributed by atoms with E-state index in [4.69, 9.17) is 4.74 Å². The zero-order chi connectivity index (χ0) is 11.8. The van der Waals surface area contributed by atoms with Gasteiger partial charge >= 0.3 is 0 Å². The minimum atomic E-state index is 0.677. The van der Waals surface area contributed by atoms with Gasteiger partial charge in [0, 0.05) is 32.9 Å². The summed E-state index contributed by atoms with van der Waals surface area (Å²) < 4.78 is 5.07. The Hall–Kier alpha value is -1.36. The third-order valence-electron chi connectivity index (χ3n) is 2.25. The highest BCUT2D eigenvalue weighted by molar-refractivity contribution is 5.42. The molecular weight excluding hydrogens is 204 g/mol. The molecule has 16 heavy (non-hydrogen) atoms. The van der Waals surface area contributed by atoms with Gasteiger partial charge in [-0.05, 0) is 19.9 Å². The molecule has 0 aliphatic carbocycles. The fourth-order valence-electron chi connectivity index (χ4n) is 1.40. The Labute approximate surface area is 96.8 Å². The van der Waals surface area contributed by atoms with Crippen molar-refractivity contribution in [1.82, 2.24) is 9.97 Å². The van der Waals surface area contributed by atoms with E-state index < -0.39 is 0 Å². The molecule has 90 valence electrons. The number of likely N-dealkylation sites (N-methyl/N-ethyl adjacent to an activating group) is 1. The van der Waals surface area contributed by atoms with Crippen LogP contribution in [0.4, 0.5) is 11.8 Å². The van der Waals surface area contributed by atoms with E-state index in [9.17, 15) is 0 Å². The summed E-state index contributed by atoms with van der Waals surface area (Å²) in [6.45, 7) is 7.41. The van der Waals surface area contributed by atoms with Crippen molar-refractivity contribution >= 4 is 11.8 Å². The average Bonchev–Trinajstić information content (AvgIpc) is 2.31. The maximum absolute atomic E-state index is 5.07. The lowest BCUT2D eigenvalue weighted by Crippen LogP contribution is -2.27.